The quantitative estimate of drug-likeness (QED) is 0.836. The van der Waals surface area contributed by atoms with Gasteiger partial charge in [0.15, 0.2) is 11.5 Å². The average Bonchev–Trinajstić information content (AvgIpc) is 3.35. The number of ether oxygens (including phenoxy) is 2. The highest BCUT2D eigenvalue weighted by molar-refractivity contribution is 5.74. The molecule has 1 aliphatic rings. The van der Waals surface area contributed by atoms with E-state index in [0.717, 1.165) is 12.8 Å². The van der Waals surface area contributed by atoms with E-state index in [4.69, 9.17) is 4.74 Å². The van der Waals surface area contributed by atoms with Gasteiger partial charge in [0.05, 0.1) is 7.11 Å². The van der Waals surface area contributed by atoms with Crippen LogP contribution in [0.15, 0.2) is 18.2 Å². The van der Waals surface area contributed by atoms with Gasteiger partial charge in [-0.15, -0.1) is 0 Å². The molecule has 2 amide bonds. The van der Waals surface area contributed by atoms with Crippen LogP contribution in [0.5, 0.6) is 11.5 Å². The zero-order valence-corrected chi connectivity index (χ0v) is 13.5. The first-order chi connectivity index (χ1) is 10.9. The zero-order chi connectivity index (χ0) is 17.0. The second-order valence-electron chi connectivity index (χ2n) is 5.71. The van der Waals surface area contributed by atoms with E-state index in [0.29, 0.717) is 11.5 Å². The molecule has 1 unspecified atom stereocenters. The van der Waals surface area contributed by atoms with Crippen molar-refractivity contribution < 1.29 is 23.0 Å². The lowest BCUT2D eigenvalue weighted by Crippen LogP contribution is -2.42. The second-order valence-corrected chi connectivity index (χ2v) is 5.71. The number of nitrogens with zero attached hydrogens (tertiary/aromatic N) is 1. The van der Waals surface area contributed by atoms with Crippen LogP contribution in [-0.4, -0.2) is 37.7 Å². The van der Waals surface area contributed by atoms with E-state index in [1.807, 2.05) is 6.92 Å². The van der Waals surface area contributed by atoms with Crippen LogP contribution in [-0.2, 0) is 6.54 Å². The van der Waals surface area contributed by atoms with E-state index in [1.54, 1.807) is 18.0 Å². The molecule has 0 bridgehead atoms. The number of benzene rings is 1. The molecule has 0 spiro atoms. The number of rotatable bonds is 7. The van der Waals surface area contributed by atoms with Crippen molar-refractivity contribution in [3.05, 3.63) is 23.8 Å². The highest BCUT2D eigenvalue weighted by atomic mass is 19.3. The van der Waals surface area contributed by atoms with Gasteiger partial charge >= 0.3 is 12.6 Å². The Bertz CT molecular complexity index is 550. The number of hydrogen-bond donors (Lipinski definition) is 1. The number of carbonyl (C=O) groups is 1. The number of alkyl halides is 2. The predicted molar refractivity (Wildman–Crippen MR) is 81.8 cm³/mol. The van der Waals surface area contributed by atoms with Gasteiger partial charge in [-0.2, -0.15) is 8.78 Å². The number of hydrogen-bond acceptors (Lipinski definition) is 3. The maximum absolute atomic E-state index is 12.4. The van der Waals surface area contributed by atoms with Gasteiger partial charge in [-0.3, -0.25) is 0 Å². The molecule has 0 radical (unpaired) electrons. The number of methoxy groups -OCH3 is 1. The first-order valence-electron chi connectivity index (χ1n) is 7.54. The number of urea groups is 1. The van der Waals surface area contributed by atoms with Gasteiger partial charge in [0.25, 0.3) is 0 Å². The maximum atomic E-state index is 12.4. The first-order valence-corrected chi connectivity index (χ1v) is 7.54. The molecule has 128 valence electrons. The minimum Gasteiger partial charge on any atom is -0.493 e. The summed E-state index contributed by atoms with van der Waals surface area (Å²) in [6.45, 7) is -0.678. The van der Waals surface area contributed by atoms with Crippen LogP contribution in [0, 0.1) is 5.92 Å². The third kappa shape index (κ3) is 4.71. The van der Waals surface area contributed by atoms with Crippen molar-refractivity contribution in [1.29, 1.82) is 0 Å². The Kier molecular flexibility index (Phi) is 5.63. The predicted octanol–water partition coefficient (Wildman–Crippen LogP) is 3.24. The second kappa shape index (κ2) is 7.48. The summed E-state index contributed by atoms with van der Waals surface area (Å²) in [6, 6.07) is 4.69. The van der Waals surface area contributed by atoms with Crippen molar-refractivity contribution in [2.24, 2.45) is 5.92 Å². The molecule has 2 rings (SSSR count). The fourth-order valence-electron chi connectivity index (χ4n) is 2.40. The minimum atomic E-state index is -2.93. The Balaban J connectivity index is 1.95. The lowest BCUT2D eigenvalue weighted by Gasteiger charge is -2.25. The number of amides is 2. The molecular weight excluding hydrogens is 306 g/mol. The van der Waals surface area contributed by atoms with Gasteiger partial charge in [0, 0.05) is 19.6 Å². The van der Waals surface area contributed by atoms with Crippen LogP contribution in [0.4, 0.5) is 13.6 Å². The normalized spacial score (nSPS) is 15.2. The Morgan fingerprint density at radius 3 is 2.65 bits per heavy atom. The van der Waals surface area contributed by atoms with E-state index < -0.39 is 6.61 Å². The van der Waals surface area contributed by atoms with Crippen molar-refractivity contribution >= 4 is 6.03 Å². The molecule has 0 heterocycles. The van der Waals surface area contributed by atoms with Gasteiger partial charge in [0.2, 0.25) is 0 Å². The van der Waals surface area contributed by atoms with Crippen molar-refractivity contribution in [2.45, 2.75) is 39.0 Å². The van der Waals surface area contributed by atoms with E-state index in [-0.39, 0.29) is 30.1 Å². The van der Waals surface area contributed by atoms with Crippen molar-refractivity contribution in [2.75, 3.05) is 14.2 Å². The molecule has 0 saturated heterocycles. The van der Waals surface area contributed by atoms with Crippen molar-refractivity contribution in [3.63, 3.8) is 0 Å². The molecule has 23 heavy (non-hydrogen) atoms. The monoisotopic (exact) mass is 328 g/mol. The van der Waals surface area contributed by atoms with Crippen LogP contribution in [0.25, 0.3) is 0 Å². The van der Waals surface area contributed by atoms with Gasteiger partial charge in [-0.05, 0) is 43.4 Å². The highest BCUT2D eigenvalue weighted by Gasteiger charge is 2.32. The average molecular weight is 328 g/mol. The van der Waals surface area contributed by atoms with Gasteiger partial charge in [-0.25, -0.2) is 4.79 Å². The highest BCUT2D eigenvalue weighted by Crippen LogP contribution is 2.34. The van der Waals surface area contributed by atoms with Gasteiger partial charge in [-0.1, -0.05) is 6.07 Å². The molecule has 0 aliphatic heterocycles. The molecule has 7 heteroatoms. The molecule has 1 atom stereocenters. The van der Waals surface area contributed by atoms with E-state index in [1.165, 1.54) is 19.2 Å². The third-order valence-corrected chi connectivity index (χ3v) is 4.12. The first kappa shape index (κ1) is 17.3. The maximum Gasteiger partial charge on any atom is 0.387 e. The fourth-order valence-corrected chi connectivity index (χ4v) is 2.40. The lowest BCUT2D eigenvalue weighted by molar-refractivity contribution is -0.0512. The summed E-state index contributed by atoms with van der Waals surface area (Å²) in [5, 5.41) is 2.78. The zero-order valence-electron chi connectivity index (χ0n) is 13.5. The summed E-state index contributed by atoms with van der Waals surface area (Å²) in [7, 11) is 3.14. The summed E-state index contributed by atoms with van der Waals surface area (Å²) >= 11 is 0. The molecule has 1 aliphatic carbocycles. The number of carbonyl (C=O) groups excluding carboxylic acids is 1. The third-order valence-electron chi connectivity index (χ3n) is 4.12. The molecule has 5 nitrogen and oxygen atoms in total. The minimum absolute atomic E-state index is 0.0473. The molecule has 1 aromatic rings. The topological polar surface area (TPSA) is 50.8 Å². The van der Waals surface area contributed by atoms with Crippen molar-refractivity contribution in [3.8, 4) is 11.5 Å². The molecule has 1 aromatic carbocycles. The molecular formula is C16H22F2N2O3. The fraction of sp³-hybridized carbons (Fsp3) is 0.562. The molecule has 0 aromatic heterocycles. The molecule has 1 N–H and O–H groups in total. The molecule has 1 fully saturated rings. The summed E-state index contributed by atoms with van der Waals surface area (Å²) in [5.41, 5.74) is 0.655. The van der Waals surface area contributed by atoms with E-state index in [9.17, 15) is 13.6 Å². The SMILES string of the molecule is COc1ccc(CNC(=O)N(C)C(C)C2CC2)cc1OC(F)F. The Labute approximate surface area is 134 Å². The number of halogens is 2. The van der Waals surface area contributed by atoms with Crippen LogP contribution in [0.3, 0.4) is 0 Å². The van der Waals surface area contributed by atoms with Crippen LogP contribution >= 0.6 is 0 Å². The summed E-state index contributed by atoms with van der Waals surface area (Å²) in [6.07, 6.45) is 2.32. The molecule has 1 saturated carbocycles. The van der Waals surface area contributed by atoms with Gasteiger partial charge in [0.1, 0.15) is 0 Å². The van der Waals surface area contributed by atoms with Crippen LogP contribution in [0.1, 0.15) is 25.3 Å². The Hall–Kier alpha value is -2.05. The van der Waals surface area contributed by atoms with E-state index in [2.05, 4.69) is 10.1 Å². The summed E-state index contributed by atoms with van der Waals surface area (Å²) in [4.78, 5) is 13.8. The summed E-state index contributed by atoms with van der Waals surface area (Å²) in [5.74, 6) is 0.756. The Morgan fingerprint density at radius 2 is 2.09 bits per heavy atom. The summed E-state index contributed by atoms with van der Waals surface area (Å²) < 4.78 is 34.2. The van der Waals surface area contributed by atoms with Crippen LogP contribution < -0.4 is 14.8 Å². The Morgan fingerprint density at radius 1 is 1.39 bits per heavy atom. The van der Waals surface area contributed by atoms with E-state index >= 15 is 0 Å². The van der Waals surface area contributed by atoms with Gasteiger partial charge < -0.3 is 19.7 Å². The lowest BCUT2D eigenvalue weighted by atomic mass is 10.2. The smallest absolute Gasteiger partial charge is 0.387 e. The standard InChI is InChI=1S/C16H22F2N2O3/c1-10(12-5-6-12)20(2)16(21)19-9-11-4-7-13(22-3)14(8-11)23-15(17)18/h4,7-8,10,12,15H,5-6,9H2,1-3H3,(H,19,21). The van der Waals surface area contributed by atoms with Crippen LogP contribution in [0.2, 0.25) is 0 Å². The number of nitrogens with one attached hydrogen (secondary N) is 1. The van der Waals surface area contributed by atoms with Crippen molar-refractivity contribution in [1.82, 2.24) is 10.2 Å². The largest absolute Gasteiger partial charge is 0.493 e.